The Bertz CT molecular complexity index is 286. The quantitative estimate of drug-likeness (QED) is 0.798. The maximum Gasteiger partial charge on any atom is 0.242 e. The summed E-state index contributed by atoms with van der Waals surface area (Å²) < 4.78 is 0. The lowest BCUT2D eigenvalue weighted by Gasteiger charge is -2.43. The van der Waals surface area contributed by atoms with Gasteiger partial charge in [-0.15, -0.1) is 0 Å². The van der Waals surface area contributed by atoms with Crippen molar-refractivity contribution >= 4 is 5.91 Å². The van der Waals surface area contributed by atoms with Crippen molar-refractivity contribution in [2.24, 2.45) is 0 Å². The number of nitrogens with one attached hydrogen (secondary N) is 1. The average Bonchev–Trinajstić information content (AvgIpc) is 2.40. The molecule has 2 saturated heterocycles. The minimum Gasteiger partial charge on any atom is -0.396 e. The van der Waals surface area contributed by atoms with Crippen molar-refractivity contribution in [2.75, 3.05) is 19.7 Å². The summed E-state index contributed by atoms with van der Waals surface area (Å²) in [5.41, 5.74) is -0.372. The van der Waals surface area contributed by atoms with Gasteiger partial charge in [0.15, 0.2) is 0 Å². The van der Waals surface area contributed by atoms with Crippen LogP contribution in [-0.4, -0.2) is 47.2 Å². The number of hydrogen-bond donors (Lipinski definition) is 2. The number of carbonyl (C=O) groups is 1. The number of piperidine rings is 2. The van der Waals surface area contributed by atoms with Gasteiger partial charge < -0.3 is 15.3 Å². The van der Waals surface area contributed by atoms with Crippen LogP contribution in [0, 0.1) is 0 Å². The molecule has 0 saturated carbocycles. The molecule has 0 bridgehead atoms. The van der Waals surface area contributed by atoms with Gasteiger partial charge in [-0.3, -0.25) is 4.79 Å². The molecule has 1 amide bonds. The fourth-order valence-corrected chi connectivity index (χ4v) is 3.27. The summed E-state index contributed by atoms with van der Waals surface area (Å²) in [7, 11) is 0. The minimum absolute atomic E-state index is 0.179. The zero-order valence-electron chi connectivity index (χ0n) is 11.5. The van der Waals surface area contributed by atoms with Gasteiger partial charge in [-0.1, -0.05) is 0 Å². The summed E-state index contributed by atoms with van der Waals surface area (Å²) in [6, 6.07) is 0.247. The second-order valence-electron chi connectivity index (χ2n) is 5.88. The number of aliphatic hydroxyl groups excluding tert-OH is 1. The van der Waals surface area contributed by atoms with Crippen LogP contribution in [0.2, 0.25) is 0 Å². The minimum atomic E-state index is -0.372. The number of rotatable bonds is 3. The van der Waals surface area contributed by atoms with E-state index in [1.54, 1.807) is 0 Å². The van der Waals surface area contributed by atoms with E-state index in [1.165, 1.54) is 12.8 Å². The Labute approximate surface area is 110 Å². The summed E-state index contributed by atoms with van der Waals surface area (Å²) >= 11 is 0. The molecule has 0 aromatic carbocycles. The molecule has 2 unspecified atom stereocenters. The SMILES string of the molecule is CC1(C(=O)N2CCCCC2CCO)CCCCN1. The highest BCUT2D eigenvalue weighted by Crippen LogP contribution is 2.27. The van der Waals surface area contributed by atoms with Gasteiger partial charge in [-0.05, 0) is 58.4 Å². The summed E-state index contributed by atoms with van der Waals surface area (Å²) in [6.45, 7) is 4.03. The van der Waals surface area contributed by atoms with Crippen molar-refractivity contribution in [3.05, 3.63) is 0 Å². The van der Waals surface area contributed by atoms with E-state index in [-0.39, 0.29) is 24.1 Å². The number of carbonyl (C=O) groups excluding carboxylic acids is 1. The van der Waals surface area contributed by atoms with E-state index in [1.807, 2.05) is 11.8 Å². The van der Waals surface area contributed by atoms with Crippen molar-refractivity contribution in [2.45, 2.75) is 63.5 Å². The summed E-state index contributed by atoms with van der Waals surface area (Å²) in [5, 5.41) is 12.5. The third kappa shape index (κ3) is 2.86. The Kier molecular flexibility index (Phi) is 4.62. The highest BCUT2D eigenvalue weighted by atomic mass is 16.3. The predicted molar refractivity (Wildman–Crippen MR) is 71.3 cm³/mol. The second kappa shape index (κ2) is 6.02. The van der Waals surface area contributed by atoms with Crippen molar-refractivity contribution in [3.63, 3.8) is 0 Å². The van der Waals surface area contributed by atoms with Crippen molar-refractivity contribution in [1.29, 1.82) is 0 Å². The monoisotopic (exact) mass is 254 g/mol. The third-order valence-electron chi connectivity index (χ3n) is 4.44. The Hall–Kier alpha value is -0.610. The molecule has 2 fully saturated rings. The lowest BCUT2D eigenvalue weighted by atomic mass is 9.87. The molecule has 2 atom stereocenters. The molecule has 2 aliphatic heterocycles. The van der Waals surface area contributed by atoms with E-state index in [9.17, 15) is 4.79 Å². The fraction of sp³-hybridized carbons (Fsp3) is 0.929. The van der Waals surface area contributed by atoms with Crippen molar-refractivity contribution in [3.8, 4) is 0 Å². The first-order valence-electron chi connectivity index (χ1n) is 7.34. The van der Waals surface area contributed by atoms with Gasteiger partial charge in [0.1, 0.15) is 0 Å². The third-order valence-corrected chi connectivity index (χ3v) is 4.44. The van der Waals surface area contributed by atoms with Crippen LogP contribution in [0.4, 0.5) is 0 Å². The zero-order chi connectivity index (χ0) is 13.0. The molecule has 18 heavy (non-hydrogen) atoms. The summed E-state index contributed by atoms with van der Waals surface area (Å²) in [6.07, 6.45) is 7.29. The van der Waals surface area contributed by atoms with E-state index in [0.29, 0.717) is 0 Å². The zero-order valence-corrected chi connectivity index (χ0v) is 11.5. The molecule has 0 spiro atoms. The molecule has 2 N–H and O–H groups in total. The second-order valence-corrected chi connectivity index (χ2v) is 5.88. The highest BCUT2D eigenvalue weighted by molar-refractivity contribution is 5.86. The maximum absolute atomic E-state index is 12.7. The molecule has 4 nitrogen and oxygen atoms in total. The first kappa shape index (κ1) is 13.8. The number of hydrogen-bond acceptors (Lipinski definition) is 3. The van der Waals surface area contributed by atoms with Crippen molar-refractivity contribution < 1.29 is 9.90 Å². The molecule has 2 heterocycles. The number of amides is 1. The maximum atomic E-state index is 12.7. The Morgan fingerprint density at radius 1 is 1.39 bits per heavy atom. The average molecular weight is 254 g/mol. The van der Waals surface area contributed by atoms with Crippen LogP contribution >= 0.6 is 0 Å². The molecular formula is C14H26N2O2. The van der Waals surface area contributed by atoms with Crippen LogP contribution in [0.15, 0.2) is 0 Å². The van der Waals surface area contributed by atoms with Gasteiger partial charge in [0.2, 0.25) is 5.91 Å². The first-order chi connectivity index (χ1) is 8.67. The smallest absolute Gasteiger partial charge is 0.242 e. The van der Waals surface area contributed by atoms with E-state index in [4.69, 9.17) is 5.11 Å². The topological polar surface area (TPSA) is 52.6 Å². The van der Waals surface area contributed by atoms with Crippen LogP contribution in [0.5, 0.6) is 0 Å². The van der Waals surface area contributed by atoms with Gasteiger partial charge in [-0.25, -0.2) is 0 Å². The van der Waals surface area contributed by atoms with Crippen LogP contribution in [0.25, 0.3) is 0 Å². The van der Waals surface area contributed by atoms with Crippen LogP contribution < -0.4 is 5.32 Å². The lowest BCUT2D eigenvalue weighted by molar-refractivity contribution is -0.142. The molecule has 4 heteroatoms. The fourth-order valence-electron chi connectivity index (χ4n) is 3.27. The molecule has 104 valence electrons. The summed E-state index contributed by atoms with van der Waals surface area (Å²) in [5.74, 6) is 0.250. The van der Waals surface area contributed by atoms with Gasteiger partial charge in [-0.2, -0.15) is 0 Å². The number of aliphatic hydroxyl groups is 1. The van der Waals surface area contributed by atoms with Gasteiger partial charge >= 0.3 is 0 Å². The van der Waals surface area contributed by atoms with Gasteiger partial charge in [0.25, 0.3) is 0 Å². The molecule has 0 aromatic rings. The van der Waals surface area contributed by atoms with Gasteiger partial charge in [0, 0.05) is 19.2 Å². The highest BCUT2D eigenvalue weighted by Gasteiger charge is 2.40. The predicted octanol–water partition coefficient (Wildman–Crippen LogP) is 1.28. The van der Waals surface area contributed by atoms with E-state index in [2.05, 4.69) is 5.32 Å². The molecule has 0 aliphatic carbocycles. The molecular weight excluding hydrogens is 228 g/mol. The molecule has 2 aliphatic rings. The van der Waals surface area contributed by atoms with Crippen LogP contribution in [0.1, 0.15) is 51.9 Å². The standard InChI is InChI=1S/C14H26N2O2/c1-14(8-3-4-9-15-14)13(18)16-10-5-2-6-12(16)7-11-17/h12,15,17H,2-11H2,1H3. The van der Waals surface area contributed by atoms with E-state index >= 15 is 0 Å². The largest absolute Gasteiger partial charge is 0.396 e. The molecule has 2 rings (SSSR count). The first-order valence-corrected chi connectivity index (χ1v) is 7.34. The van der Waals surface area contributed by atoms with Crippen LogP contribution in [0.3, 0.4) is 0 Å². The number of nitrogens with zero attached hydrogens (tertiary/aromatic N) is 1. The Balaban J connectivity index is 2.05. The molecule has 0 radical (unpaired) electrons. The molecule has 0 aromatic heterocycles. The Morgan fingerprint density at radius 3 is 2.89 bits per heavy atom. The van der Waals surface area contributed by atoms with Crippen LogP contribution in [-0.2, 0) is 4.79 Å². The Morgan fingerprint density at radius 2 is 2.22 bits per heavy atom. The van der Waals surface area contributed by atoms with Gasteiger partial charge in [0.05, 0.1) is 5.54 Å². The number of likely N-dealkylation sites (tertiary alicyclic amines) is 1. The van der Waals surface area contributed by atoms with E-state index in [0.717, 1.165) is 45.2 Å². The normalized spacial score (nSPS) is 33.4. The summed E-state index contributed by atoms with van der Waals surface area (Å²) in [4.78, 5) is 14.8. The van der Waals surface area contributed by atoms with E-state index < -0.39 is 0 Å². The lowest BCUT2D eigenvalue weighted by Crippen LogP contribution is -2.60. The van der Waals surface area contributed by atoms with Crippen molar-refractivity contribution in [1.82, 2.24) is 10.2 Å².